The maximum atomic E-state index is 13.6. The van der Waals surface area contributed by atoms with E-state index >= 15 is 0 Å². The molecular formula is C14H19F2NOS. The van der Waals surface area contributed by atoms with Gasteiger partial charge >= 0.3 is 0 Å². The van der Waals surface area contributed by atoms with Gasteiger partial charge in [-0.1, -0.05) is 6.92 Å². The van der Waals surface area contributed by atoms with Crippen molar-refractivity contribution in [2.24, 2.45) is 5.92 Å². The van der Waals surface area contributed by atoms with Crippen LogP contribution in [0.5, 0.6) is 0 Å². The Bertz CT molecular complexity index is 439. The number of aliphatic hydroxyl groups excluding tert-OH is 1. The fourth-order valence-electron chi connectivity index (χ4n) is 2.33. The molecule has 0 aliphatic heterocycles. The molecule has 5 heteroatoms. The van der Waals surface area contributed by atoms with Crippen molar-refractivity contribution >= 4 is 11.8 Å². The first-order valence-electron chi connectivity index (χ1n) is 6.55. The van der Waals surface area contributed by atoms with Crippen molar-refractivity contribution < 1.29 is 13.9 Å². The van der Waals surface area contributed by atoms with E-state index in [1.165, 1.54) is 17.8 Å². The molecule has 1 atom stereocenters. The van der Waals surface area contributed by atoms with Crippen LogP contribution in [0.3, 0.4) is 0 Å². The summed E-state index contributed by atoms with van der Waals surface area (Å²) in [6, 6.07) is 3.47. The zero-order valence-electron chi connectivity index (χ0n) is 11.0. The van der Waals surface area contributed by atoms with Crippen LogP contribution >= 0.6 is 11.8 Å². The zero-order chi connectivity index (χ0) is 13.9. The van der Waals surface area contributed by atoms with Crippen LogP contribution < -0.4 is 5.32 Å². The summed E-state index contributed by atoms with van der Waals surface area (Å²) in [7, 11) is 0. The number of nitrogens with one attached hydrogen (secondary N) is 1. The molecule has 0 spiro atoms. The summed E-state index contributed by atoms with van der Waals surface area (Å²) in [6.45, 7) is 2.76. The summed E-state index contributed by atoms with van der Waals surface area (Å²) in [5.41, 5.74) is -0.377. The molecule has 1 aliphatic rings. The highest BCUT2D eigenvalue weighted by Crippen LogP contribution is 2.42. The smallest absolute Gasteiger partial charge is 0.136 e. The Hall–Kier alpha value is -0.650. The summed E-state index contributed by atoms with van der Waals surface area (Å²) in [4.78, 5) is 0.302. The van der Waals surface area contributed by atoms with Gasteiger partial charge in [0.1, 0.15) is 11.6 Å². The molecule has 1 aliphatic carbocycles. The predicted molar refractivity (Wildman–Crippen MR) is 73.3 cm³/mol. The fraction of sp³-hybridized carbons (Fsp3) is 0.571. The van der Waals surface area contributed by atoms with Gasteiger partial charge in [0.2, 0.25) is 0 Å². The number of hydrogen-bond acceptors (Lipinski definition) is 3. The van der Waals surface area contributed by atoms with E-state index in [1.54, 1.807) is 0 Å². The van der Waals surface area contributed by atoms with Crippen LogP contribution in [0.2, 0.25) is 0 Å². The summed E-state index contributed by atoms with van der Waals surface area (Å²) >= 11 is 1.26. The van der Waals surface area contributed by atoms with Gasteiger partial charge in [-0.15, -0.1) is 11.8 Å². The molecule has 0 saturated heterocycles. The van der Waals surface area contributed by atoms with E-state index in [1.807, 2.05) is 6.92 Å². The maximum Gasteiger partial charge on any atom is 0.136 e. The molecule has 1 aromatic carbocycles. The molecule has 2 rings (SSSR count). The van der Waals surface area contributed by atoms with Crippen molar-refractivity contribution in [1.82, 2.24) is 5.32 Å². The Labute approximate surface area is 116 Å². The fourth-order valence-corrected chi connectivity index (χ4v) is 3.57. The summed E-state index contributed by atoms with van der Waals surface area (Å²) in [5, 5.41) is 13.0. The number of hydrogen-bond donors (Lipinski definition) is 2. The van der Waals surface area contributed by atoms with Gasteiger partial charge in [-0.3, -0.25) is 0 Å². The van der Waals surface area contributed by atoms with Crippen LogP contribution in [-0.4, -0.2) is 29.5 Å². The van der Waals surface area contributed by atoms with Gasteiger partial charge in [0, 0.05) is 10.6 Å². The minimum Gasteiger partial charge on any atom is -0.394 e. The van der Waals surface area contributed by atoms with Gasteiger partial charge in [-0.25, -0.2) is 8.78 Å². The Balaban J connectivity index is 2.07. The summed E-state index contributed by atoms with van der Waals surface area (Å²) in [5.74, 6) is 0.128. The third-order valence-electron chi connectivity index (χ3n) is 3.55. The molecule has 2 nitrogen and oxygen atoms in total. The maximum absolute atomic E-state index is 13.6. The van der Waals surface area contributed by atoms with Crippen LogP contribution in [0.25, 0.3) is 0 Å². The van der Waals surface area contributed by atoms with E-state index in [9.17, 15) is 13.9 Å². The largest absolute Gasteiger partial charge is 0.394 e. The lowest BCUT2D eigenvalue weighted by molar-refractivity contribution is 0.161. The second-order valence-corrected chi connectivity index (χ2v) is 6.00. The van der Waals surface area contributed by atoms with Crippen molar-refractivity contribution in [2.75, 3.05) is 18.9 Å². The van der Waals surface area contributed by atoms with Gasteiger partial charge in [0.15, 0.2) is 0 Å². The van der Waals surface area contributed by atoms with Gasteiger partial charge in [-0.2, -0.15) is 0 Å². The Kier molecular flexibility index (Phi) is 4.81. The number of aliphatic hydroxyl groups is 1. The van der Waals surface area contributed by atoms with Crippen molar-refractivity contribution in [3.8, 4) is 0 Å². The molecule has 106 valence electrons. The quantitative estimate of drug-likeness (QED) is 0.756. The highest BCUT2D eigenvalue weighted by molar-refractivity contribution is 7.99. The zero-order valence-corrected chi connectivity index (χ0v) is 11.8. The number of rotatable bonds is 7. The summed E-state index contributed by atoms with van der Waals surface area (Å²) < 4.78 is 26.7. The average Bonchev–Trinajstić information content (AvgIpc) is 3.23. The Morgan fingerprint density at radius 1 is 1.42 bits per heavy atom. The van der Waals surface area contributed by atoms with Crippen LogP contribution in [0.1, 0.15) is 19.8 Å². The first-order chi connectivity index (χ1) is 9.11. The van der Waals surface area contributed by atoms with Crippen LogP contribution in [0, 0.1) is 17.6 Å². The highest BCUT2D eigenvalue weighted by Gasteiger charge is 2.44. The first-order valence-corrected chi connectivity index (χ1v) is 7.53. The van der Waals surface area contributed by atoms with Gasteiger partial charge in [0.25, 0.3) is 0 Å². The Morgan fingerprint density at radius 3 is 2.74 bits per heavy atom. The molecule has 0 aromatic heterocycles. The number of halogens is 2. The third kappa shape index (κ3) is 3.46. The number of thioether (sulfide) groups is 1. The van der Waals surface area contributed by atoms with Crippen LogP contribution in [-0.2, 0) is 0 Å². The minimum atomic E-state index is -0.437. The van der Waals surface area contributed by atoms with Crippen molar-refractivity contribution in [3.63, 3.8) is 0 Å². The van der Waals surface area contributed by atoms with E-state index in [4.69, 9.17) is 0 Å². The lowest BCUT2D eigenvalue weighted by atomic mass is 9.97. The van der Waals surface area contributed by atoms with Crippen LogP contribution in [0.4, 0.5) is 8.78 Å². The predicted octanol–water partition coefficient (Wildman–Crippen LogP) is 2.81. The topological polar surface area (TPSA) is 32.3 Å². The number of benzene rings is 1. The molecule has 0 heterocycles. The highest BCUT2D eigenvalue weighted by atomic mass is 32.2. The van der Waals surface area contributed by atoms with Gasteiger partial charge in [-0.05, 0) is 43.5 Å². The van der Waals surface area contributed by atoms with E-state index in [2.05, 4.69) is 5.32 Å². The molecule has 2 N–H and O–H groups in total. The lowest BCUT2D eigenvalue weighted by Gasteiger charge is -2.33. The first kappa shape index (κ1) is 14.8. The van der Waals surface area contributed by atoms with E-state index in [0.29, 0.717) is 16.6 Å². The van der Waals surface area contributed by atoms with Gasteiger partial charge in [0.05, 0.1) is 12.1 Å². The SMILES string of the molecule is CCNC(CO)(CSc1cc(F)ccc1F)C1CC1. The van der Waals surface area contributed by atoms with E-state index in [0.717, 1.165) is 31.5 Å². The minimum absolute atomic E-state index is 0.0233. The normalized spacial score (nSPS) is 18.3. The molecule has 1 unspecified atom stereocenters. The Morgan fingerprint density at radius 2 is 2.16 bits per heavy atom. The molecule has 19 heavy (non-hydrogen) atoms. The van der Waals surface area contributed by atoms with Gasteiger partial charge < -0.3 is 10.4 Å². The molecular weight excluding hydrogens is 268 g/mol. The molecule has 1 aromatic rings. The van der Waals surface area contributed by atoms with E-state index < -0.39 is 11.6 Å². The molecule has 1 fully saturated rings. The van der Waals surface area contributed by atoms with Crippen molar-refractivity contribution in [2.45, 2.75) is 30.2 Å². The third-order valence-corrected chi connectivity index (χ3v) is 4.83. The van der Waals surface area contributed by atoms with Crippen molar-refractivity contribution in [3.05, 3.63) is 29.8 Å². The van der Waals surface area contributed by atoms with Crippen molar-refractivity contribution in [1.29, 1.82) is 0 Å². The number of likely N-dealkylation sites (N-methyl/N-ethyl adjacent to an activating group) is 1. The monoisotopic (exact) mass is 287 g/mol. The second-order valence-electron chi connectivity index (χ2n) is 4.98. The van der Waals surface area contributed by atoms with E-state index in [-0.39, 0.29) is 12.1 Å². The molecule has 0 radical (unpaired) electrons. The second kappa shape index (κ2) is 6.20. The van der Waals surface area contributed by atoms with Crippen LogP contribution in [0.15, 0.2) is 23.1 Å². The molecule has 1 saturated carbocycles. The lowest BCUT2D eigenvalue weighted by Crippen LogP contribution is -2.52. The molecule has 0 amide bonds. The molecule has 0 bridgehead atoms. The average molecular weight is 287 g/mol. The summed E-state index contributed by atoms with van der Waals surface area (Å²) in [6.07, 6.45) is 2.17. The standard InChI is InChI=1S/C14H19F2NOS/c1-2-17-14(8-18,10-3-4-10)9-19-13-7-11(15)5-6-12(13)16/h5-7,10,17-18H,2-4,8-9H2,1H3.